The van der Waals surface area contributed by atoms with Crippen molar-refractivity contribution in [3.05, 3.63) is 29.7 Å². The topological polar surface area (TPSA) is 94.1 Å². The molecular weight excluding hydrogens is 294 g/mol. The Morgan fingerprint density at radius 1 is 1.43 bits per heavy atom. The molecule has 8 nitrogen and oxygen atoms in total. The smallest absolute Gasteiger partial charge is 0.232 e. The first-order valence-corrected chi connectivity index (χ1v) is 8.39. The Kier molecular flexibility index (Phi) is 3.54. The van der Waals surface area contributed by atoms with Crippen LogP contribution in [0.3, 0.4) is 0 Å². The monoisotopic (exact) mass is 311 g/mol. The number of rotatable bonds is 3. The van der Waals surface area contributed by atoms with Crippen LogP contribution in [0.15, 0.2) is 16.8 Å². The average molecular weight is 311 g/mol. The third-order valence-corrected chi connectivity index (χ3v) is 5.41. The van der Waals surface area contributed by atoms with Gasteiger partial charge in [0.15, 0.2) is 5.82 Å². The molecule has 1 atom stereocenters. The molecule has 114 valence electrons. The van der Waals surface area contributed by atoms with Crippen LogP contribution >= 0.6 is 0 Å². The molecule has 0 aliphatic carbocycles. The molecule has 2 aromatic rings. The van der Waals surface area contributed by atoms with E-state index < -0.39 is 10.0 Å². The van der Waals surface area contributed by atoms with Gasteiger partial charge in [0, 0.05) is 12.7 Å². The van der Waals surface area contributed by atoms with Crippen LogP contribution in [0.4, 0.5) is 0 Å². The summed E-state index contributed by atoms with van der Waals surface area (Å²) < 4.78 is 33.0. The van der Waals surface area contributed by atoms with Crippen LogP contribution in [0, 0.1) is 6.92 Å². The molecule has 1 aliphatic rings. The van der Waals surface area contributed by atoms with Crippen molar-refractivity contribution in [1.82, 2.24) is 24.2 Å². The predicted molar refractivity (Wildman–Crippen MR) is 73.9 cm³/mol. The molecule has 0 unspecified atom stereocenters. The summed E-state index contributed by atoms with van der Waals surface area (Å²) in [5.74, 6) is 0.858. The summed E-state index contributed by atoms with van der Waals surface area (Å²) in [5, 5.41) is 8.04. The highest BCUT2D eigenvalue weighted by atomic mass is 32.2. The van der Waals surface area contributed by atoms with Crippen LogP contribution in [-0.4, -0.2) is 44.9 Å². The van der Waals surface area contributed by atoms with E-state index in [1.807, 2.05) is 6.07 Å². The fourth-order valence-corrected chi connectivity index (χ4v) is 3.55. The van der Waals surface area contributed by atoms with Crippen LogP contribution in [0.1, 0.15) is 30.3 Å². The summed E-state index contributed by atoms with van der Waals surface area (Å²) in [5.41, 5.74) is 0.866. The number of aryl methyl sites for hydroxylation is 1. The molecule has 0 saturated heterocycles. The minimum absolute atomic E-state index is 0.0662. The predicted octanol–water partition coefficient (Wildman–Crippen LogP) is 0.524. The van der Waals surface area contributed by atoms with E-state index in [-0.39, 0.29) is 11.7 Å². The molecule has 0 bridgehead atoms. The lowest BCUT2D eigenvalue weighted by molar-refractivity contribution is 0.307. The van der Waals surface area contributed by atoms with Crippen molar-refractivity contribution in [1.29, 1.82) is 0 Å². The molecule has 0 radical (unpaired) electrons. The Bertz CT molecular complexity index is 736. The Labute approximate surface area is 122 Å². The van der Waals surface area contributed by atoms with E-state index in [0.29, 0.717) is 31.3 Å². The summed E-state index contributed by atoms with van der Waals surface area (Å²) >= 11 is 0. The minimum Gasteiger partial charge on any atom is -0.339 e. The van der Waals surface area contributed by atoms with E-state index in [9.17, 15) is 8.42 Å². The molecule has 0 aromatic carbocycles. The second-order valence-corrected chi connectivity index (χ2v) is 7.33. The average Bonchev–Trinajstić information content (AvgIpc) is 3.03. The van der Waals surface area contributed by atoms with E-state index in [4.69, 9.17) is 4.52 Å². The van der Waals surface area contributed by atoms with Gasteiger partial charge in [-0.05, 0) is 19.9 Å². The summed E-state index contributed by atoms with van der Waals surface area (Å²) in [6.07, 6.45) is 1.67. The van der Waals surface area contributed by atoms with E-state index in [1.165, 1.54) is 4.31 Å². The zero-order valence-electron chi connectivity index (χ0n) is 11.9. The Hall–Kier alpha value is -1.74. The summed E-state index contributed by atoms with van der Waals surface area (Å²) in [4.78, 5) is 4.24. The van der Waals surface area contributed by atoms with Crippen molar-refractivity contribution in [2.45, 2.75) is 32.9 Å². The maximum atomic E-state index is 12.3. The van der Waals surface area contributed by atoms with Crippen LogP contribution < -0.4 is 0 Å². The molecule has 2 aromatic heterocycles. The zero-order valence-corrected chi connectivity index (χ0v) is 12.7. The second-order valence-electron chi connectivity index (χ2n) is 5.07. The van der Waals surface area contributed by atoms with Gasteiger partial charge in [0.05, 0.1) is 30.5 Å². The first-order chi connectivity index (χ1) is 9.99. The largest absolute Gasteiger partial charge is 0.339 e. The van der Waals surface area contributed by atoms with Crippen molar-refractivity contribution in [2.24, 2.45) is 0 Å². The number of fused-ring (bicyclic) bond motifs is 1. The first-order valence-electron chi connectivity index (χ1n) is 6.78. The van der Waals surface area contributed by atoms with Crippen LogP contribution in [-0.2, 0) is 23.1 Å². The Morgan fingerprint density at radius 2 is 2.24 bits per heavy atom. The van der Waals surface area contributed by atoms with Crippen molar-refractivity contribution >= 4 is 10.0 Å². The van der Waals surface area contributed by atoms with Crippen LogP contribution in [0.5, 0.6) is 0 Å². The number of aromatic nitrogens is 4. The van der Waals surface area contributed by atoms with Crippen molar-refractivity contribution in [3.63, 3.8) is 0 Å². The number of hydrogen-bond acceptors (Lipinski definition) is 6. The summed E-state index contributed by atoms with van der Waals surface area (Å²) in [7, 11) is -3.30. The molecule has 0 N–H and O–H groups in total. The third-order valence-electron chi connectivity index (χ3n) is 3.61. The third kappa shape index (κ3) is 2.70. The number of nitrogens with zero attached hydrogens (tertiary/aromatic N) is 5. The standard InChI is InChI=1S/C12H17N5O3S/c1-3-21(18,19)16-6-10(12-14-9(2)15-20-12)7-17-11(8-16)4-5-13-17/h4-5,10H,3,6-8H2,1-2H3/t10-/m0/s1. The number of hydrogen-bond donors (Lipinski definition) is 0. The van der Waals surface area contributed by atoms with Gasteiger partial charge in [-0.1, -0.05) is 5.16 Å². The van der Waals surface area contributed by atoms with Gasteiger partial charge in [-0.3, -0.25) is 4.68 Å². The van der Waals surface area contributed by atoms with E-state index >= 15 is 0 Å². The molecule has 0 amide bonds. The highest BCUT2D eigenvalue weighted by Crippen LogP contribution is 2.25. The molecule has 21 heavy (non-hydrogen) atoms. The van der Waals surface area contributed by atoms with E-state index in [0.717, 1.165) is 5.69 Å². The molecule has 9 heteroatoms. The van der Waals surface area contributed by atoms with Crippen molar-refractivity contribution in [3.8, 4) is 0 Å². The normalized spacial score (nSPS) is 20.2. The minimum atomic E-state index is -3.30. The quantitative estimate of drug-likeness (QED) is 0.820. The van der Waals surface area contributed by atoms with Gasteiger partial charge in [-0.2, -0.15) is 14.4 Å². The lowest BCUT2D eigenvalue weighted by Crippen LogP contribution is -2.34. The van der Waals surface area contributed by atoms with Gasteiger partial charge in [-0.15, -0.1) is 0 Å². The molecule has 3 rings (SSSR count). The second kappa shape index (κ2) is 5.23. The lowest BCUT2D eigenvalue weighted by Gasteiger charge is -2.21. The summed E-state index contributed by atoms with van der Waals surface area (Å²) in [6.45, 7) is 4.55. The lowest BCUT2D eigenvalue weighted by atomic mass is 10.1. The van der Waals surface area contributed by atoms with Gasteiger partial charge in [0.25, 0.3) is 0 Å². The number of sulfonamides is 1. The maximum Gasteiger partial charge on any atom is 0.232 e. The fraction of sp³-hybridized carbons (Fsp3) is 0.583. The van der Waals surface area contributed by atoms with E-state index in [1.54, 1.807) is 24.7 Å². The maximum absolute atomic E-state index is 12.3. The van der Waals surface area contributed by atoms with Crippen molar-refractivity contribution < 1.29 is 12.9 Å². The molecule has 3 heterocycles. The fourth-order valence-electron chi connectivity index (χ4n) is 2.45. The van der Waals surface area contributed by atoms with E-state index in [2.05, 4.69) is 15.2 Å². The molecule has 0 saturated carbocycles. The SMILES string of the molecule is CCS(=O)(=O)N1Cc2ccnn2C[C@@H](c2nc(C)no2)C1. The molecule has 1 aliphatic heterocycles. The van der Waals surface area contributed by atoms with Gasteiger partial charge < -0.3 is 4.52 Å². The zero-order chi connectivity index (χ0) is 15.0. The highest BCUT2D eigenvalue weighted by Gasteiger charge is 2.32. The van der Waals surface area contributed by atoms with Crippen molar-refractivity contribution in [2.75, 3.05) is 12.3 Å². The molecule has 0 spiro atoms. The summed E-state index contributed by atoms with van der Waals surface area (Å²) in [6, 6.07) is 1.83. The van der Waals surface area contributed by atoms with Gasteiger partial charge >= 0.3 is 0 Å². The van der Waals surface area contributed by atoms with Gasteiger partial charge in [-0.25, -0.2) is 8.42 Å². The Morgan fingerprint density at radius 3 is 2.90 bits per heavy atom. The van der Waals surface area contributed by atoms with Gasteiger partial charge in [0.1, 0.15) is 0 Å². The van der Waals surface area contributed by atoms with Crippen LogP contribution in [0.2, 0.25) is 0 Å². The molecule has 0 fully saturated rings. The molecular formula is C12H17N5O3S. The van der Waals surface area contributed by atoms with Crippen LogP contribution in [0.25, 0.3) is 0 Å². The van der Waals surface area contributed by atoms with Gasteiger partial charge in [0.2, 0.25) is 15.9 Å². The highest BCUT2D eigenvalue weighted by molar-refractivity contribution is 7.89. The first kappa shape index (κ1) is 14.2. The Balaban J connectivity index is 1.99.